The molecule has 0 amide bonds. The Kier molecular flexibility index (Phi) is 6.68. The summed E-state index contributed by atoms with van der Waals surface area (Å²) in [5.74, 6) is 0.951. The molecule has 1 fully saturated rings. The minimum atomic E-state index is 0.190. The molecule has 0 N–H and O–H groups in total. The highest BCUT2D eigenvalue weighted by atomic mass is 35.5. The molecule has 1 saturated heterocycles. The van der Waals surface area contributed by atoms with Crippen molar-refractivity contribution in [2.75, 3.05) is 37.6 Å². The molecule has 0 aliphatic carbocycles. The number of nitrogens with zero attached hydrogens (tertiary/aromatic N) is 2. The first kappa shape index (κ1) is 22.0. The lowest BCUT2D eigenvalue weighted by molar-refractivity contribution is 0.0926. The van der Waals surface area contributed by atoms with E-state index in [2.05, 4.69) is 46.2 Å². The molecule has 0 spiro atoms. The van der Waals surface area contributed by atoms with E-state index in [0.717, 1.165) is 48.2 Å². The molecule has 0 saturated carbocycles. The van der Waals surface area contributed by atoms with Crippen LogP contribution < -0.4 is 9.64 Å². The van der Waals surface area contributed by atoms with E-state index in [-0.39, 0.29) is 5.78 Å². The number of rotatable bonds is 7. The Hall–Kier alpha value is -2.78. The largest absolute Gasteiger partial charge is 0.489 e. The molecular formula is C27H26ClN2O2P. The maximum absolute atomic E-state index is 13.5. The fraction of sp³-hybridized carbons (Fsp3) is 0.222. The Morgan fingerprint density at radius 2 is 1.58 bits per heavy atom. The van der Waals surface area contributed by atoms with Crippen molar-refractivity contribution in [3.05, 3.63) is 94.7 Å². The van der Waals surface area contributed by atoms with Crippen LogP contribution in [-0.4, -0.2) is 43.4 Å². The predicted molar refractivity (Wildman–Crippen MR) is 139 cm³/mol. The Bertz CT molecular complexity index is 1230. The van der Waals surface area contributed by atoms with E-state index in [0.29, 0.717) is 26.4 Å². The van der Waals surface area contributed by atoms with Crippen molar-refractivity contribution < 1.29 is 9.53 Å². The molecule has 6 heteroatoms. The van der Waals surface area contributed by atoms with Crippen molar-refractivity contribution in [1.82, 2.24) is 4.90 Å². The van der Waals surface area contributed by atoms with Gasteiger partial charge in [-0.15, -0.1) is 8.19 Å². The monoisotopic (exact) mass is 476 g/mol. The van der Waals surface area contributed by atoms with Crippen LogP contribution in [0.15, 0.2) is 78.9 Å². The van der Waals surface area contributed by atoms with Gasteiger partial charge in [-0.2, -0.15) is 0 Å². The van der Waals surface area contributed by atoms with Crippen molar-refractivity contribution in [2.45, 2.75) is 6.61 Å². The molecule has 4 nitrogen and oxygen atoms in total. The highest BCUT2D eigenvalue weighted by molar-refractivity contribution is 7.38. The van der Waals surface area contributed by atoms with Gasteiger partial charge in [0.05, 0.1) is 6.54 Å². The maximum atomic E-state index is 13.5. The molecule has 1 aliphatic heterocycles. The quantitative estimate of drug-likeness (QED) is 0.301. The minimum absolute atomic E-state index is 0.190. The average molecular weight is 477 g/mol. The van der Waals surface area contributed by atoms with E-state index in [9.17, 15) is 4.79 Å². The summed E-state index contributed by atoms with van der Waals surface area (Å²) in [5.41, 5.74) is 2.10. The standard InChI is InChI=1S/C27H26ClN2O2P/c28-20-10-12-22(13-11-20)32-19-26-27(23-8-4-5-9-25(23)33-26)24(31)18-29-14-16-30(17-15-29)21-6-2-1-3-7-21/h1-13,33H,14-19H2. The number of halogens is 1. The predicted octanol–water partition coefficient (Wildman–Crippen LogP) is 6.11. The number of piperazine rings is 1. The third-order valence-electron chi connectivity index (χ3n) is 6.12. The lowest BCUT2D eigenvalue weighted by Crippen LogP contribution is -2.48. The molecule has 1 aromatic heterocycles. The first-order valence-corrected chi connectivity index (χ1v) is 12.6. The van der Waals surface area contributed by atoms with Gasteiger partial charge in [-0.05, 0) is 46.9 Å². The van der Waals surface area contributed by atoms with Crippen LogP contribution >= 0.6 is 19.8 Å². The van der Waals surface area contributed by atoms with Gasteiger partial charge < -0.3 is 9.64 Å². The Balaban J connectivity index is 1.29. The Morgan fingerprint density at radius 3 is 2.33 bits per heavy atom. The van der Waals surface area contributed by atoms with Gasteiger partial charge in [0.15, 0.2) is 5.78 Å². The van der Waals surface area contributed by atoms with E-state index in [1.165, 1.54) is 10.8 Å². The molecule has 168 valence electrons. The molecule has 0 radical (unpaired) electrons. The smallest absolute Gasteiger partial charge is 0.178 e. The van der Waals surface area contributed by atoms with E-state index >= 15 is 0 Å². The number of ether oxygens (including phenoxy) is 1. The summed E-state index contributed by atoms with van der Waals surface area (Å²) in [5, 5.41) is 4.06. The molecule has 0 bridgehead atoms. The molecule has 33 heavy (non-hydrogen) atoms. The first-order chi connectivity index (χ1) is 16.2. The maximum Gasteiger partial charge on any atom is 0.178 e. The number of fused-ring (bicyclic) bond motifs is 1. The number of anilines is 1. The van der Waals surface area contributed by atoms with Crippen molar-refractivity contribution in [3.63, 3.8) is 0 Å². The highest BCUT2D eigenvalue weighted by Gasteiger charge is 2.23. The van der Waals surface area contributed by atoms with Gasteiger partial charge >= 0.3 is 0 Å². The number of benzene rings is 3. The summed E-state index contributed by atoms with van der Waals surface area (Å²) in [6.45, 7) is 4.49. The lowest BCUT2D eigenvalue weighted by atomic mass is 10.1. The topological polar surface area (TPSA) is 32.8 Å². The van der Waals surface area contributed by atoms with Crippen LogP contribution in [0.5, 0.6) is 5.75 Å². The van der Waals surface area contributed by atoms with Crippen LogP contribution in [0.4, 0.5) is 5.69 Å². The lowest BCUT2D eigenvalue weighted by Gasteiger charge is -2.35. The summed E-state index contributed by atoms with van der Waals surface area (Å²) in [6.07, 6.45) is 0. The Labute approximate surface area is 200 Å². The van der Waals surface area contributed by atoms with Gasteiger partial charge in [0.2, 0.25) is 0 Å². The second-order valence-electron chi connectivity index (χ2n) is 8.29. The van der Waals surface area contributed by atoms with Gasteiger partial charge in [0.25, 0.3) is 0 Å². The average Bonchev–Trinajstić information content (AvgIpc) is 3.23. The second kappa shape index (κ2) is 10.0. The third-order valence-corrected chi connectivity index (χ3v) is 7.77. The van der Waals surface area contributed by atoms with Crippen LogP contribution in [0, 0.1) is 0 Å². The molecule has 1 unspecified atom stereocenters. The molecular weight excluding hydrogens is 451 g/mol. The number of hydrogen-bond acceptors (Lipinski definition) is 4. The van der Waals surface area contributed by atoms with E-state index in [1.807, 2.05) is 42.5 Å². The van der Waals surface area contributed by atoms with Crippen LogP contribution in [-0.2, 0) is 6.61 Å². The van der Waals surface area contributed by atoms with Crippen LogP contribution in [0.3, 0.4) is 0 Å². The van der Waals surface area contributed by atoms with Gasteiger partial charge in [0, 0.05) is 47.7 Å². The van der Waals surface area contributed by atoms with E-state index < -0.39 is 0 Å². The molecule has 3 aromatic carbocycles. The summed E-state index contributed by atoms with van der Waals surface area (Å²) in [7, 11) is 0.464. The number of carbonyl (C=O) groups is 1. The molecule has 4 aromatic rings. The van der Waals surface area contributed by atoms with Crippen LogP contribution in [0.25, 0.3) is 10.5 Å². The molecule has 1 atom stereocenters. The zero-order valence-electron chi connectivity index (χ0n) is 18.3. The SMILES string of the molecule is O=C(CN1CCN(c2ccccc2)CC1)c1c(COc2ccc(Cl)cc2)[pH]c2ccccc12. The zero-order chi connectivity index (χ0) is 22.6. The van der Waals surface area contributed by atoms with Crippen molar-refractivity contribution in [2.24, 2.45) is 0 Å². The number of carbonyl (C=O) groups excluding carboxylic acids is 1. The van der Waals surface area contributed by atoms with Gasteiger partial charge in [0.1, 0.15) is 12.4 Å². The van der Waals surface area contributed by atoms with E-state index in [1.54, 1.807) is 0 Å². The third kappa shape index (κ3) is 5.09. The number of para-hydroxylation sites is 1. The van der Waals surface area contributed by atoms with Crippen LogP contribution in [0.2, 0.25) is 5.02 Å². The van der Waals surface area contributed by atoms with Crippen molar-refractivity contribution in [3.8, 4) is 5.75 Å². The molecule has 1 aliphatic rings. The first-order valence-electron chi connectivity index (χ1n) is 11.2. The fourth-order valence-electron chi connectivity index (χ4n) is 4.40. The molecule has 5 rings (SSSR count). The van der Waals surface area contributed by atoms with Gasteiger partial charge in [-0.25, -0.2) is 0 Å². The Morgan fingerprint density at radius 1 is 0.879 bits per heavy atom. The summed E-state index contributed by atoms with van der Waals surface area (Å²) in [6, 6.07) is 26.1. The summed E-state index contributed by atoms with van der Waals surface area (Å²) in [4.78, 5) is 18.2. The van der Waals surface area contributed by atoms with Crippen molar-refractivity contribution >= 4 is 41.8 Å². The van der Waals surface area contributed by atoms with Gasteiger partial charge in [-0.3, -0.25) is 9.69 Å². The number of Topliss-reactive ketones (excluding diaryl/α,β-unsaturated/α-hetero) is 1. The number of ketones is 1. The van der Waals surface area contributed by atoms with Gasteiger partial charge in [-0.1, -0.05) is 54.1 Å². The summed E-state index contributed by atoms with van der Waals surface area (Å²) >= 11 is 5.99. The summed E-state index contributed by atoms with van der Waals surface area (Å²) < 4.78 is 6.03. The zero-order valence-corrected chi connectivity index (χ0v) is 20.1. The molecule has 2 heterocycles. The van der Waals surface area contributed by atoms with E-state index in [4.69, 9.17) is 16.3 Å². The van der Waals surface area contributed by atoms with Crippen molar-refractivity contribution in [1.29, 1.82) is 0 Å². The normalized spacial score (nSPS) is 14.8. The fourth-order valence-corrected chi connectivity index (χ4v) is 5.91. The minimum Gasteiger partial charge on any atom is -0.489 e. The second-order valence-corrected chi connectivity index (χ2v) is 10.1. The highest BCUT2D eigenvalue weighted by Crippen LogP contribution is 2.36. The number of hydrogen-bond donors (Lipinski definition) is 0. The van der Waals surface area contributed by atoms with Crippen LogP contribution in [0.1, 0.15) is 15.7 Å².